The van der Waals surface area contributed by atoms with E-state index in [-0.39, 0.29) is 41.4 Å². The SMILES string of the molecule is CC(=O)NCC(=O)O.CC(=O)NCC(=O)O.[Ni]. The fraction of sp³-hybridized carbons (Fsp3) is 0.500. The van der Waals surface area contributed by atoms with Gasteiger partial charge in [0.25, 0.3) is 0 Å². The van der Waals surface area contributed by atoms with Gasteiger partial charge in [-0.1, -0.05) is 0 Å². The van der Waals surface area contributed by atoms with E-state index in [0.29, 0.717) is 0 Å². The molecule has 0 rings (SSSR count). The van der Waals surface area contributed by atoms with Crippen LogP contribution in [0.15, 0.2) is 0 Å². The zero-order valence-corrected chi connectivity index (χ0v) is 10.2. The van der Waals surface area contributed by atoms with E-state index < -0.39 is 11.9 Å². The fourth-order valence-electron chi connectivity index (χ4n) is 0.400. The molecule has 0 saturated heterocycles. The van der Waals surface area contributed by atoms with Gasteiger partial charge in [-0.2, -0.15) is 0 Å². The van der Waals surface area contributed by atoms with Crippen molar-refractivity contribution >= 4 is 23.8 Å². The minimum atomic E-state index is -1.03. The first-order valence-corrected chi connectivity index (χ1v) is 4.18. The zero-order chi connectivity index (χ0) is 13.1. The summed E-state index contributed by atoms with van der Waals surface area (Å²) in [7, 11) is 0. The van der Waals surface area contributed by atoms with Gasteiger partial charge in [-0.05, 0) is 0 Å². The maximum absolute atomic E-state index is 9.97. The van der Waals surface area contributed by atoms with Crippen molar-refractivity contribution in [1.82, 2.24) is 10.6 Å². The minimum absolute atomic E-state index is 0. The van der Waals surface area contributed by atoms with Crippen LogP contribution in [0, 0.1) is 0 Å². The average molecular weight is 293 g/mol. The van der Waals surface area contributed by atoms with Crippen molar-refractivity contribution < 1.29 is 45.9 Å². The third kappa shape index (κ3) is 31.4. The molecule has 2 amide bonds. The van der Waals surface area contributed by atoms with E-state index in [1.54, 1.807) is 0 Å². The van der Waals surface area contributed by atoms with Gasteiger partial charge in [-0.15, -0.1) is 0 Å². The molecular weight excluding hydrogens is 279 g/mol. The Balaban J connectivity index is -0.000000218. The number of rotatable bonds is 4. The summed E-state index contributed by atoms with van der Waals surface area (Å²) in [5.41, 5.74) is 0. The summed E-state index contributed by atoms with van der Waals surface area (Å²) >= 11 is 0. The summed E-state index contributed by atoms with van der Waals surface area (Å²) in [6.45, 7) is 1.94. The molecule has 0 atom stereocenters. The molecule has 0 aliphatic carbocycles. The molecule has 0 heterocycles. The average Bonchev–Trinajstić information content (AvgIpc) is 2.12. The molecule has 17 heavy (non-hydrogen) atoms. The first-order valence-electron chi connectivity index (χ1n) is 4.18. The van der Waals surface area contributed by atoms with Crippen LogP contribution in [-0.2, 0) is 35.7 Å². The second-order valence-corrected chi connectivity index (χ2v) is 2.61. The maximum atomic E-state index is 9.97. The molecule has 0 aromatic rings. The van der Waals surface area contributed by atoms with Gasteiger partial charge in [0.15, 0.2) is 0 Å². The van der Waals surface area contributed by atoms with Crippen LogP contribution in [0.2, 0.25) is 0 Å². The Kier molecular flexibility index (Phi) is 15.2. The topological polar surface area (TPSA) is 133 Å². The zero-order valence-electron chi connectivity index (χ0n) is 9.26. The largest absolute Gasteiger partial charge is 0.480 e. The van der Waals surface area contributed by atoms with Gasteiger partial charge in [0.1, 0.15) is 13.1 Å². The second kappa shape index (κ2) is 12.4. The van der Waals surface area contributed by atoms with E-state index in [2.05, 4.69) is 10.6 Å². The Labute approximate surface area is 108 Å². The van der Waals surface area contributed by atoms with Crippen LogP contribution in [0.25, 0.3) is 0 Å². The third-order valence-electron chi connectivity index (χ3n) is 0.977. The molecule has 102 valence electrons. The van der Waals surface area contributed by atoms with Crippen LogP contribution in [0.4, 0.5) is 0 Å². The predicted octanol–water partition coefficient (Wildman–Crippen LogP) is -1.59. The van der Waals surface area contributed by atoms with Gasteiger partial charge < -0.3 is 20.8 Å². The third-order valence-corrected chi connectivity index (χ3v) is 0.977. The predicted molar refractivity (Wildman–Crippen MR) is 52.6 cm³/mol. The molecule has 0 saturated carbocycles. The smallest absolute Gasteiger partial charge is 0.322 e. The number of amides is 2. The summed E-state index contributed by atoms with van der Waals surface area (Å²) in [5, 5.41) is 20.1. The van der Waals surface area contributed by atoms with Crippen molar-refractivity contribution in [3.8, 4) is 0 Å². The Hall–Kier alpha value is -1.63. The summed E-state index contributed by atoms with van der Waals surface area (Å²) in [6.07, 6.45) is 0. The van der Waals surface area contributed by atoms with Crippen molar-refractivity contribution in [1.29, 1.82) is 0 Å². The molecule has 0 unspecified atom stereocenters. The van der Waals surface area contributed by atoms with Crippen LogP contribution in [-0.4, -0.2) is 47.1 Å². The molecule has 9 heteroatoms. The monoisotopic (exact) mass is 292 g/mol. The van der Waals surface area contributed by atoms with Crippen LogP contribution in [0.3, 0.4) is 0 Å². The molecular formula is C8H14N2NiO6. The van der Waals surface area contributed by atoms with E-state index in [1.807, 2.05) is 0 Å². The molecule has 0 fully saturated rings. The fourth-order valence-corrected chi connectivity index (χ4v) is 0.400. The quantitative estimate of drug-likeness (QED) is 0.462. The van der Waals surface area contributed by atoms with E-state index in [0.717, 1.165) is 0 Å². The molecule has 0 spiro atoms. The number of hydrogen-bond donors (Lipinski definition) is 4. The van der Waals surface area contributed by atoms with E-state index in [9.17, 15) is 19.2 Å². The Morgan fingerprint density at radius 1 is 0.824 bits per heavy atom. The Bertz CT molecular complexity index is 225. The van der Waals surface area contributed by atoms with Crippen molar-refractivity contribution in [2.45, 2.75) is 13.8 Å². The first-order chi connectivity index (χ1) is 7.25. The molecule has 0 aliphatic heterocycles. The summed E-state index contributed by atoms with van der Waals surface area (Å²) in [5.74, 6) is -2.71. The molecule has 4 N–H and O–H groups in total. The number of carbonyl (C=O) groups is 4. The normalized spacial score (nSPS) is 7.65. The van der Waals surface area contributed by atoms with E-state index in [1.165, 1.54) is 13.8 Å². The van der Waals surface area contributed by atoms with Gasteiger partial charge >= 0.3 is 11.9 Å². The van der Waals surface area contributed by atoms with E-state index in [4.69, 9.17) is 10.2 Å². The van der Waals surface area contributed by atoms with Gasteiger partial charge in [0.05, 0.1) is 0 Å². The molecule has 0 bridgehead atoms. The van der Waals surface area contributed by atoms with Crippen LogP contribution >= 0.6 is 0 Å². The number of hydrogen-bond acceptors (Lipinski definition) is 4. The molecule has 8 nitrogen and oxygen atoms in total. The maximum Gasteiger partial charge on any atom is 0.322 e. The Morgan fingerprint density at radius 2 is 1.06 bits per heavy atom. The van der Waals surface area contributed by atoms with Crippen molar-refractivity contribution in [2.75, 3.05) is 13.1 Å². The van der Waals surface area contributed by atoms with E-state index >= 15 is 0 Å². The van der Waals surface area contributed by atoms with Gasteiger partial charge in [-0.25, -0.2) is 0 Å². The minimum Gasteiger partial charge on any atom is -0.480 e. The van der Waals surface area contributed by atoms with Crippen LogP contribution in [0.1, 0.15) is 13.8 Å². The second-order valence-electron chi connectivity index (χ2n) is 2.61. The molecule has 0 aliphatic rings. The summed E-state index contributed by atoms with van der Waals surface area (Å²) in [4.78, 5) is 39.3. The van der Waals surface area contributed by atoms with Crippen LogP contribution in [0.5, 0.6) is 0 Å². The van der Waals surface area contributed by atoms with Crippen molar-refractivity contribution in [2.24, 2.45) is 0 Å². The van der Waals surface area contributed by atoms with Crippen molar-refractivity contribution in [3.63, 3.8) is 0 Å². The number of carbonyl (C=O) groups excluding carboxylic acids is 2. The van der Waals surface area contributed by atoms with Gasteiger partial charge in [0.2, 0.25) is 11.8 Å². The number of aliphatic carboxylic acids is 2. The molecule has 0 radical (unpaired) electrons. The number of carboxylic acid groups (broad SMARTS) is 2. The molecule has 0 aromatic heterocycles. The van der Waals surface area contributed by atoms with Crippen LogP contribution < -0.4 is 10.6 Å². The van der Waals surface area contributed by atoms with Crippen molar-refractivity contribution in [3.05, 3.63) is 0 Å². The Morgan fingerprint density at radius 3 is 1.12 bits per heavy atom. The standard InChI is InChI=1S/2C4H7NO3.Ni/c2*1-3(6)5-2-4(7)8;/h2*2H2,1H3,(H,5,6)(H,7,8);. The summed E-state index contributed by atoms with van der Waals surface area (Å²) in [6, 6.07) is 0. The van der Waals surface area contributed by atoms with Gasteiger partial charge in [-0.3, -0.25) is 19.2 Å². The number of carboxylic acids is 2. The number of nitrogens with one attached hydrogen (secondary N) is 2. The molecule has 0 aromatic carbocycles. The van der Waals surface area contributed by atoms with Gasteiger partial charge in [0, 0.05) is 30.3 Å². The summed E-state index contributed by atoms with van der Waals surface area (Å²) < 4.78 is 0. The first kappa shape index (κ1) is 20.7.